The molecule has 0 saturated carbocycles. The highest BCUT2D eigenvalue weighted by molar-refractivity contribution is 9.10. The number of hydrogen-bond acceptors (Lipinski definition) is 5. The van der Waals surface area contributed by atoms with Crippen LogP contribution >= 0.6 is 39.5 Å². The van der Waals surface area contributed by atoms with E-state index in [0.29, 0.717) is 17.5 Å². The second kappa shape index (κ2) is 11.7. The number of anilines is 1. The van der Waals surface area contributed by atoms with E-state index in [4.69, 9.17) is 0 Å². The van der Waals surface area contributed by atoms with Gasteiger partial charge in [-0.25, -0.2) is 4.39 Å². The molecule has 0 radical (unpaired) electrons. The number of carbonyl (C=O) groups is 1. The van der Waals surface area contributed by atoms with Crippen molar-refractivity contribution in [1.29, 1.82) is 0 Å². The number of allylic oxidation sites excluding steroid dienone is 1. The molecule has 168 valence electrons. The van der Waals surface area contributed by atoms with E-state index in [-0.39, 0.29) is 17.5 Å². The third kappa shape index (κ3) is 6.70. The Hall–Kier alpha value is -2.10. The van der Waals surface area contributed by atoms with Gasteiger partial charge in [-0.15, -0.1) is 28.5 Å². The van der Waals surface area contributed by atoms with Crippen LogP contribution in [0.2, 0.25) is 0 Å². The first-order valence-corrected chi connectivity index (χ1v) is 12.8. The number of rotatable bonds is 10. The Kier molecular flexibility index (Phi) is 8.95. The predicted molar refractivity (Wildman–Crippen MR) is 135 cm³/mol. The Bertz CT molecular complexity index is 1080. The van der Waals surface area contributed by atoms with Gasteiger partial charge < -0.3 is 9.88 Å². The molecule has 0 fully saturated rings. The van der Waals surface area contributed by atoms with Gasteiger partial charge in [0.15, 0.2) is 5.16 Å². The topological polar surface area (TPSA) is 59.8 Å². The molecule has 0 unspecified atom stereocenters. The highest BCUT2D eigenvalue weighted by Gasteiger charge is 2.15. The lowest BCUT2D eigenvalue weighted by molar-refractivity contribution is -0.113. The minimum absolute atomic E-state index is 0.0936. The SMILES string of the molecule is C=CCn1c(CSCc2ccc(F)cc2)nnc1SCC(=O)Nc1c(C)cc(Br)cc1C. The van der Waals surface area contributed by atoms with Crippen LogP contribution in [0.5, 0.6) is 0 Å². The van der Waals surface area contributed by atoms with Gasteiger partial charge in [0.05, 0.1) is 11.5 Å². The maximum Gasteiger partial charge on any atom is 0.234 e. The van der Waals surface area contributed by atoms with Gasteiger partial charge in [0.2, 0.25) is 5.91 Å². The first kappa shape index (κ1) is 24.5. The zero-order chi connectivity index (χ0) is 23.1. The Morgan fingerprint density at radius 1 is 1.19 bits per heavy atom. The molecule has 0 saturated heterocycles. The van der Waals surface area contributed by atoms with Crippen molar-refractivity contribution in [3.63, 3.8) is 0 Å². The molecule has 1 heterocycles. The zero-order valence-electron chi connectivity index (χ0n) is 17.9. The molecule has 3 aromatic rings. The molecule has 5 nitrogen and oxygen atoms in total. The van der Waals surface area contributed by atoms with Crippen LogP contribution in [-0.4, -0.2) is 26.4 Å². The van der Waals surface area contributed by atoms with Crippen molar-refractivity contribution in [1.82, 2.24) is 14.8 Å². The second-order valence-corrected chi connectivity index (χ2v) is 10.0. The van der Waals surface area contributed by atoms with Gasteiger partial charge in [-0.1, -0.05) is 45.9 Å². The molecule has 0 aliphatic heterocycles. The lowest BCUT2D eigenvalue weighted by atomic mass is 10.1. The molecule has 9 heteroatoms. The molecule has 0 aliphatic rings. The summed E-state index contributed by atoms with van der Waals surface area (Å²) in [5.74, 6) is 2.12. The van der Waals surface area contributed by atoms with Crippen molar-refractivity contribution in [2.45, 2.75) is 37.1 Å². The van der Waals surface area contributed by atoms with Crippen molar-refractivity contribution in [2.24, 2.45) is 0 Å². The van der Waals surface area contributed by atoms with Gasteiger partial charge in [0, 0.05) is 22.5 Å². The molecule has 0 bridgehead atoms. The minimum Gasteiger partial charge on any atom is -0.325 e. The van der Waals surface area contributed by atoms with Gasteiger partial charge in [-0.05, 0) is 54.8 Å². The van der Waals surface area contributed by atoms with Crippen molar-refractivity contribution in [2.75, 3.05) is 11.1 Å². The number of nitrogens with zero attached hydrogens (tertiary/aromatic N) is 3. The van der Waals surface area contributed by atoms with Crippen LogP contribution in [0.25, 0.3) is 0 Å². The fourth-order valence-electron chi connectivity index (χ4n) is 3.10. The molecular weight excluding hydrogens is 511 g/mol. The van der Waals surface area contributed by atoms with Gasteiger partial charge in [-0.3, -0.25) is 4.79 Å². The molecule has 1 amide bonds. The second-order valence-electron chi connectivity index (χ2n) is 7.17. The number of amides is 1. The molecule has 1 N–H and O–H groups in total. The fourth-order valence-corrected chi connectivity index (χ4v) is 5.48. The van der Waals surface area contributed by atoms with E-state index in [1.807, 2.05) is 30.5 Å². The standard InChI is InChI=1S/C23H24BrFN4OS2/c1-4-9-29-20(13-31-12-17-5-7-19(25)8-6-17)27-28-23(29)32-14-21(30)26-22-15(2)10-18(24)11-16(22)3/h4-8,10-11H,1,9,12-14H2,2-3H3,(H,26,30). The third-order valence-electron chi connectivity index (χ3n) is 4.61. The largest absolute Gasteiger partial charge is 0.325 e. The molecule has 2 aromatic carbocycles. The van der Waals surface area contributed by atoms with E-state index in [9.17, 15) is 9.18 Å². The zero-order valence-corrected chi connectivity index (χ0v) is 21.1. The number of carbonyl (C=O) groups excluding carboxylic acids is 1. The first-order chi connectivity index (χ1) is 15.4. The number of aryl methyl sites for hydroxylation is 2. The van der Waals surface area contributed by atoms with Crippen molar-refractivity contribution in [3.8, 4) is 0 Å². The van der Waals surface area contributed by atoms with E-state index in [0.717, 1.165) is 38.4 Å². The summed E-state index contributed by atoms with van der Waals surface area (Å²) in [4.78, 5) is 12.6. The van der Waals surface area contributed by atoms with Gasteiger partial charge in [0.25, 0.3) is 0 Å². The van der Waals surface area contributed by atoms with Crippen LogP contribution in [0.1, 0.15) is 22.5 Å². The molecule has 0 spiro atoms. The smallest absolute Gasteiger partial charge is 0.234 e. The summed E-state index contributed by atoms with van der Waals surface area (Å²) in [7, 11) is 0. The monoisotopic (exact) mass is 534 g/mol. The van der Waals surface area contributed by atoms with Gasteiger partial charge in [-0.2, -0.15) is 0 Å². The van der Waals surface area contributed by atoms with Crippen LogP contribution < -0.4 is 5.32 Å². The lowest BCUT2D eigenvalue weighted by Gasteiger charge is -2.12. The minimum atomic E-state index is -0.236. The number of thioether (sulfide) groups is 2. The average molecular weight is 536 g/mol. The third-order valence-corrected chi connectivity index (χ3v) is 7.04. The van der Waals surface area contributed by atoms with Crippen LogP contribution in [-0.2, 0) is 22.8 Å². The summed E-state index contributed by atoms with van der Waals surface area (Å²) in [5, 5.41) is 12.3. The fraction of sp³-hybridized carbons (Fsp3) is 0.261. The van der Waals surface area contributed by atoms with Crippen molar-refractivity contribution < 1.29 is 9.18 Å². The van der Waals surface area contributed by atoms with Crippen LogP contribution in [0.15, 0.2) is 58.7 Å². The quantitative estimate of drug-likeness (QED) is 0.249. The van der Waals surface area contributed by atoms with Crippen LogP contribution in [0, 0.1) is 19.7 Å². The summed E-state index contributed by atoms with van der Waals surface area (Å²) in [6, 6.07) is 10.5. The van der Waals surface area contributed by atoms with Crippen LogP contribution in [0.4, 0.5) is 10.1 Å². The number of aromatic nitrogens is 3. The molecular formula is C23H24BrFN4OS2. The van der Waals surface area contributed by atoms with E-state index < -0.39 is 0 Å². The van der Waals surface area contributed by atoms with E-state index in [1.54, 1.807) is 30.0 Å². The summed E-state index contributed by atoms with van der Waals surface area (Å²) in [6.45, 7) is 8.32. The molecule has 1 aromatic heterocycles. The molecule has 3 rings (SSSR count). The van der Waals surface area contributed by atoms with Gasteiger partial charge in [0.1, 0.15) is 11.6 Å². The summed E-state index contributed by atoms with van der Waals surface area (Å²) in [6.07, 6.45) is 1.79. The normalized spacial score (nSPS) is 10.9. The van der Waals surface area contributed by atoms with E-state index in [2.05, 4.69) is 38.0 Å². The average Bonchev–Trinajstić information content (AvgIpc) is 3.12. The maximum absolute atomic E-state index is 13.1. The number of nitrogens with one attached hydrogen (secondary N) is 1. The summed E-state index contributed by atoms with van der Waals surface area (Å²) in [5.41, 5.74) is 3.90. The molecule has 32 heavy (non-hydrogen) atoms. The maximum atomic E-state index is 13.1. The lowest BCUT2D eigenvalue weighted by Crippen LogP contribution is -2.16. The number of hydrogen-bond donors (Lipinski definition) is 1. The predicted octanol–water partition coefficient (Wildman–Crippen LogP) is 6.15. The van der Waals surface area contributed by atoms with E-state index in [1.165, 1.54) is 23.9 Å². The van der Waals surface area contributed by atoms with Crippen LogP contribution in [0.3, 0.4) is 0 Å². The highest BCUT2D eigenvalue weighted by Crippen LogP contribution is 2.26. The summed E-state index contributed by atoms with van der Waals surface area (Å²) < 4.78 is 16.0. The number of benzene rings is 2. The Labute approximate surface area is 204 Å². The first-order valence-electron chi connectivity index (χ1n) is 9.92. The van der Waals surface area contributed by atoms with Crippen molar-refractivity contribution in [3.05, 3.63) is 81.9 Å². The summed E-state index contributed by atoms with van der Waals surface area (Å²) >= 11 is 6.50. The molecule has 0 atom stereocenters. The Morgan fingerprint density at radius 2 is 1.88 bits per heavy atom. The van der Waals surface area contributed by atoms with E-state index >= 15 is 0 Å². The molecule has 0 aliphatic carbocycles. The Morgan fingerprint density at radius 3 is 2.53 bits per heavy atom. The number of halogens is 2. The Balaban J connectivity index is 1.59. The van der Waals surface area contributed by atoms with Crippen molar-refractivity contribution >= 4 is 51.0 Å². The highest BCUT2D eigenvalue weighted by atomic mass is 79.9. The van der Waals surface area contributed by atoms with Gasteiger partial charge >= 0.3 is 0 Å².